The fraction of sp³-hybridized carbons (Fsp3) is 0.333. The van der Waals surface area contributed by atoms with Crippen molar-refractivity contribution in [3.63, 3.8) is 0 Å². The molecule has 0 N–H and O–H groups in total. The normalized spacial score (nSPS) is 11.8. The Morgan fingerprint density at radius 2 is 1.83 bits per heavy atom. The summed E-state index contributed by atoms with van der Waals surface area (Å²) in [5.74, 6) is 0. The van der Waals surface area contributed by atoms with E-state index >= 15 is 0 Å². The van der Waals surface area contributed by atoms with Gasteiger partial charge in [-0.05, 0) is 28.1 Å². The van der Waals surface area contributed by atoms with Gasteiger partial charge in [0.25, 0.3) is 0 Å². The van der Waals surface area contributed by atoms with Crippen molar-refractivity contribution < 1.29 is 0 Å². The highest BCUT2D eigenvalue weighted by atomic mass is 79.9. The summed E-state index contributed by atoms with van der Waals surface area (Å²) in [5.41, 5.74) is 0. The highest BCUT2D eigenvalue weighted by molar-refractivity contribution is 9.10. The molecule has 0 unspecified atom stereocenters. The van der Waals surface area contributed by atoms with Crippen molar-refractivity contribution in [1.82, 2.24) is 0 Å². The van der Waals surface area contributed by atoms with E-state index in [2.05, 4.69) is 47.7 Å². The molecule has 0 aliphatic heterocycles. The van der Waals surface area contributed by atoms with Crippen LogP contribution in [-0.4, -0.2) is 8.07 Å². The quantitative estimate of drug-likeness (QED) is 0.679. The summed E-state index contributed by atoms with van der Waals surface area (Å²) in [4.78, 5) is 0. The predicted octanol–water partition coefficient (Wildman–Crippen LogP) is 3.65. The van der Waals surface area contributed by atoms with E-state index in [1.165, 1.54) is 5.19 Å². The molecule has 1 aromatic rings. The SMILES string of the molecule is C[Si](C)(C)c1ccc(Cl)c(Br)c1. The third-order valence-electron chi connectivity index (χ3n) is 1.79. The maximum atomic E-state index is 5.90. The molecule has 0 saturated heterocycles. The molecule has 0 saturated carbocycles. The van der Waals surface area contributed by atoms with Crippen LogP contribution in [0.5, 0.6) is 0 Å². The van der Waals surface area contributed by atoms with Gasteiger partial charge in [0, 0.05) is 4.47 Å². The minimum atomic E-state index is -1.18. The van der Waals surface area contributed by atoms with Crippen molar-refractivity contribution >= 4 is 40.8 Å². The summed E-state index contributed by atoms with van der Waals surface area (Å²) < 4.78 is 1.00. The van der Waals surface area contributed by atoms with Crippen molar-refractivity contribution in [1.29, 1.82) is 0 Å². The summed E-state index contributed by atoms with van der Waals surface area (Å²) in [5, 5.41) is 2.22. The third-order valence-corrected chi connectivity index (χ3v) is 5.04. The summed E-state index contributed by atoms with van der Waals surface area (Å²) in [7, 11) is -1.18. The molecular weight excluding hydrogens is 252 g/mol. The second-order valence-corrected chi connectivity index (χ2v) is 10.2. The second kappa shape index (κ2) is 3.52. The van der Waals surface area contributed by atoms with Gasteiger partial charge in [-0.1, -0.05) is 42.5 Å². The van der Waals surface area contributed by atoms with E-state index in [0.29, 0.717) is 0 Å². The highest BCUT2D eigenvalue weighted by Gasteiger charge is 2.16. The van der Waals surface area contributed by atoms with Crippen LogP contribution in [0.2, 0.25) is 24.7 Å². The Morgan fingerprint density at radius 3 is 2.25 bits per heavy atom. The maximum absolute atomic E-state index is 5.90. The Kier molecular flexibility index (Phi) is 3.02. The Bertz CT molecular complexity index is 291. The fourth-order valence-corrected chi connectivity index (χ4v) is 2.83. The average Bonchev–Trinajstić information content (AvgIpc) is 1.92. The first-order valence-corrected chi connectivity index (χ1v) is 8.54. The second-order valence-electron chi connectivity index (χ2n) is 3.88. The number of rotatable bonds is 1. The number of halogens is 2. The summed E-state index contributed by atoms with van der Waals surface area (Å²) >= 11 is 9.33. The van der Waals surface area contributed by atoms with Crippen LogP contribution in [0.25, 0.3) is 0 Å². The molecule has 0 atom stereocenters. The van der Waals surface area contributed by atoms with Crippen molar-refractivity contribution in [2.24, 2.45) is 0 Å². The first-order chi connectivity index (χ1) is 5.41. The Morgan fingerprint density at radius 1 is 1.25 bits per heavy atom. The van der Waals surface area contributed by atoms with E-state index in [-0.39, 0.29) is 0 Å². The third kappa shape index (κ3) is 2.35. The smallest absolute Gasteiger partial charge is 0.0776 e. The van der Waals surface area contributed by atoms with Gasteiger partial charge in [-0.15, -0.1) is 0 Å². The minimum absolute atomic E-state index is 0.789. The van der Waals surface area contributed by atoms with E-state index in [1.807, 2.05) is 6.07 Å². The van der Waals surface area contributed by atoms with Gasteiger partial charge in [0.2, 0.25) is 0 Å². The number of benzene rings is 1. The Labute approximate surface area is 88.1 Å². The fourth-order valence-electron chi connectivity index (χ4n) is 0.963. The molecule has 0 bridgehead atoms. The van der Waals surface area contributed by atoms with E-state index in [4.69, 9.17) is 11.6 Å². The molecule has 1 aromatic carbocycles. The van der Waals surface area contributed by atoms with E-state index < -0.39 is 8.07 Å². The van der Waals surface area contributed by atoms with Crippen LogP contribution < -0.4 is 5.19 Å². The summed E-state index contributed by atoms with van der Waals surface area (Å²) in [6.45, 7) is 6.97. The van der Waals surface area contributed by atoms with Crippen molar-refractivity contribution in [3.8, 4) is 0 Å². The first kappa shape index (κ1) is 10.3. The topological polar surface area (TPSA) is 0 Å². The van der Waals surface area contributed by atoms with Gasteiger partial charge in [0.1, 0.15) is 0 Å². The van der Waals surface area contributed by atoms with Crippen LogP contribution in [0.3, 0.4) is 0 Å². The van der Waals surface area contributed by atoms with Gasteiger partial charge in [-0.3, -0.25) is 0 Å². The minimum Gasteiger partial charge on any atom is -0.0831 e. The standard InChI is InChI=1S/C9H12BrClSi/c1-12(2,3)7-4-5-9(11)8(10)6-7/h4-6H,1-3H3. The molecule has 66 valence electrons. The molecule has 0 heterocycles. The van der Waals surface area contributed by atoms with Gasteiger partial charge in [0.05, 0.1) is 13.1 Å². The largest absolute Gasteiger partial charge is 0.0831 e. The zero-order chi connectivity index (χ0) is 9.35. The van der Waals surface area contributed by atoms with E-state index in [1.54, 1.807) is 0 Å². The Hall–Kier alpha value is 0.207. The number of hydrogen-bond acceptors (Lipinski definition) is 0. The molecule has 0 fully saturated rings. The predicted molar refractivity (Wildman–Crippen MR) is 62.1 cm³/mol. The maximum Gasteiger partial charge on any atom is 0.0776 e. The van der Waals surface area contributed by atoms with E-state index in [0.717, 1.165) is 9.50 Å². The van der Waals surface area contributed by atoms with Crippen LogP contribution in [0.4, 0.5) is 0 Å². The molecule has 0 nitrogen and oxygen atoms in total. The average molecular weight is 264 g/mol. The molecule has 0 aliphatic rings. The zero-order valence-corrected chi connectivity index (χ0v) is 10.8. The molecule has 0 aromatic heterocycles. The van der Waals surface area contributed by atoms with Crippen LogP contribution >= 0.6 is 27.5 Å². The molecule has 1 rings (SSSR count). The highest BCUT2D eigenvalue weighted by Crippen LogP contribution is 2.21. The van der Waals surface area contributed by atoms with E-state index in [9.17, 15) is 0 Å². The summed E-state index contributed by atoms with van der Waals surface area (Å²) in [6.07, 6.45) is 0. The summed E-state index contributed by atoms with van der Waals surface area (Å²) in [6, 6.07) is 6.22. The van der Waals surface area contributed by atoms with Crippen LogP contribution in [0, 0.1) is 0 Å². The number of hydrogen-bond donors (Lipinski definition) is 0. The van der Waals surface area contributed by atoms with Crippen LogP contribution in [0.1, 0.15) is 0 Å². The van der Waals surface area contributed by atoms with Crippen LogP contribution in [0.15, 0.2) is 22.7 Å². The zero-order valence-electron chi connectivity index (χ0n) is 7.49. The van der Waals surface area contributed by atoms with Crippen LogP contribution in [-0.2, 0) is 0 Å². The lowest BCUT2D eigenvalue weighted by Crippen LogP contribution is -2.37. The van der Waals surface area contributed by atoms with Gasteiger partial charge >= 0.3 is 0 Å². The first-order valence-electron chi connectivity index (χ1n) is 3.87. The molecule has 0 aliphatic carbocycles. The molecule has 12 heavy (non-hydrogen) atoms. The molecule has 0 spiro atoms. The molecule has 0 radical (unpaired) electrons. The van der Waals surface area contributed by atoms with Gasteiger partial charge in [0.15, 0.2) is 0 Å². The van der Waals surface area contributed by atoms with Crippen molar-refractivity contribution in [2.75, 3.05) is 0 Å². The van der Waals surface area contributed by atoms with Gasteiger partial charge in [-0.2, -0.15) is 0 Å². The van der Waals surface area contributed by atoms with Gasteiger partial charge in [-0.25, -0.2) is 0 Å². The van der Waals surface area contributed by atoms with Crippen molar-refractivity contribution in [3.05, 3.63) is 27.7 Å². The molecule has 0 amide bonds. The lowest BCUT2D eigenvalue weighted by molar-refractivity contribution is 1.64. The van der Waals surface area contributed by atoms with Crippen molar-refractivity contribution in [2.45, 2.75) is 19.6 Å². The molecule has 3 heteroatoms. The Balaban J connectivity index is 3.14. The lowest BCUT2D eigenvalue weighted by Gasteiger charge is -2.16. The molecular formula is C9H12BrClSi. The van der Waals surface area contributed by atoms with Gasteiger partial charge < -0.3 is 0 Å². The lowest BCUT2D eigenvalue weighted by atomic mass is 10.4. The monoisotopic (exact) mass is 262 g/mol.